The third kappa shape index (κ3) is 4.53. The summed E-state index contributed by atoms with van der Waals surface area (Å²) in [6.07, 6.45) is 6.24. The maximum atomic E-state index is 12.1. The van der Waals surface area contributed by atoms with Gasteiger partial charge in [0.05, 0.1) is 10.9 Å². The lowest BCUT2D eigenvalue weighted by Crippen LogP contribution is -2.34. The van der Waals surface area contributed by atoms with Crippen molar-refractivity contribution < 1.29 is 4.79 Å². The molecule has 6 heteroatoms. The highest BCUT2D eigenvalue weighted by Crippen LogP contribution is 2.28. The summed E-state index contributed by atoms with van der Waals surface area (Å²) >= 11 is 7.53. The summed E-state index contributed by atoms with van der Waals surface area (Å²) in [6, 6.07) is 8.24. The second-order valence-electron chi connectivity index (χ2n) is 5.75. The number of nitrogens with one attached hydrogen (secondary N) is 1. The number of rotatable bonds is 7. The van der Waals surface area contributed by atoms with Gasteiger partial charge in [-0.3, -0.25) is 9.78 Å². The minimum absolute atomic E-state index is 0.256. The number of nitrogens with zero attached hydrogens (tertiary/aromatic N) is 2. The Morgan fingerprint density at radius 2 is 2.30 bits per heavy atom. The number of hydrogen-bond donors (Lipinski definition) is 1. The molecular formula is C17H20ClN3OS. The van der Waals surface area contributed by atoms with Crippen molar-refractivity contribution in [1.82, 2.24) is 15.2 Å². The molecule has 1 fully saturated rings. The molecule has 122 valence electrons. The van der Waals surface area contributed by atoms with E-state index >= 15 is 0 Å². The number of hydrogen-bond acceptors (Lipinski definition) is 4. The molecule has 2 aromatic heterocycles. The quantitative estimate of drug-likeness (QED) is 0.778. The molecule has 1 amide bonds. The smallest absolute Gasteiger partial charge is 0.223 e. The maximum absolute atomic E-state index is 12.1. The Hall–Kier alpha value is -1.43. The summed E-state index contributed by atoms with van der Waals surface area (Å²) in [5, 5.41) is 3.44. The number of likely N-dealkylation sites (tertiary alicyclic amines) is 1. The van der Waals surface area contributed by atoms with Crippen LogP contribution in [0.15, 0.2) is 36.7 Å². The highest BCUT2D eigenvalue weighted by Gasteiger charge is 2.30. The van der Waals surface area contributed by atoms with Gasteiger partial charge in [-0.1, -0.05) is 17.7 Å². The minimum Gasteiger partial charge on any atom is -0.335 e. The molecular weight excluding hydrogens is 330 g/mol. The first-order chi connectivity index (χ1) is 11.2. The fourth-order valence-corrected chi connectivity index (χ4v) is 4.01. The van der Waals surface area contributed by atoms with Crippen molar-refractivity contribution in [3.05, 3.63) is 51.4 Å². The highest BCUT2D eigenvalue weighted by molar-refractivity contribution is 7.16. The Labute approximate surface area is 145 Å². The number of thiophene rings is 1. The van der Waals surface area contributed by atoms with Crippen LogP contribution in [-0.2, 0) is 17.9 Å². The summed E-state index contributed by atoms with van der Waals surface area (Å²) in [7, 11) is 0. The van der Waals surface area contributed by atoms with E-state index in [2.05, 4.69) is 16.4 Å². The van der Waals surface area contributed by atoms with Crippen molar-refractivity contribution in [2.24, 2.45) is 0 Å². The van der Waals surface area contributed by atoms with Gasteiger partial charge in [0, 0.05) is 36.3 Å². The van der Waals surface area contributed by atoms with Gasteiger partial charge in [0.1, 0.15) is 0 Å². The lowest BCUT2D eigenvalue weighted by atomic mass is 10.1. The Morgan fingerprint density at radius 1 is 1.39 bits per heavy atom. The molecule has 2 aromatic rings. The Balaban J connectivity index is 1.47. The van der Waals surface area contributed by atoms with Gasteiger partial charge in [0.15, 0.2) is 0 Å². The molecule has 0 spiro atoms. The van der Waals surface area contributed by atoms with Crippen molar-refractivity contribution in [1.29, 1.82) is 0 Å². The van der Waals surface area contributed by atoms with Crippen LogP contribution >= 0.6 is 22.9 Å². The molecule has 1 atom stereocenters. The lowest BCUT2D eigenvalue weighted by molar-refractivity contribution is -0.129. The fourth-order valence-electron chi connectivity index (χ4n) is 2.92. The lowest BCUT2D eigenvalue weighted by Gasteiger charge is -2.24. The number of carbonyl (C=O) groups is 1. The van der Waals surface area contributed by atoms with E-state index in [0.29, 0.717) is 19.0 Å². The Morgan fingerprint density at radius 3 is 3.04 bits per heavy atom. The largest absolute Gasteiger partial charge is 0.335 e. The fraction of sp³-hybridized carbons (Fsp3) is 0.412. The first-order valence-corrected chi connectivity index (χ1v) is 9.05. The van der Waals surface area contributed by atoms with Gasteiger partial charge in [-0.05, 0) is 43.1 Å². The van der Waals surface area contributed by atoms with E-state index in [1.807, 2.05) is 29.3 Å². The number of pyridine rings is 1. The third-order valence-corrected chi connectivity index (χ3v) is 5.33. The topological polar surface area (TPSA) is 45.2 Å². The average molecular weight is 350 g/mol. The summed E-state index contributed by atoms with van der Waals surface area (Å²) in [4.78, 5) is 19.4. The molecule has 0 aliphatic carbocycles. The highest BCUT2D eigenvalue weighted by atomic mass is 35.5. The van der Waals surface area contributed by atoms with E-state index in [0.717, 1.165) is 35.1 Å². The van der Waals surface area contributed by atoms with Crippen molar-refractivity contribution >= 4 is 28.8 Å². The summed E-state index contributed by atoms with van der Waals surface area (Å²) in [5.41, 5.74) is 1.18. The van der Waals surface area contributed by atoms with Crippen LogP contribution in [0.4, 0.5) is 0 Å². The second kappa shape index (κ2) is 7.90. The summed E-state index contributed by atoms with van der Waals surface area (Å²) in [6.45, 7) is 2.40. The molecule has 0 radical (unpaired) electrons. The molecule has 0 bridgehead atoms. The Bertz CT molecular complexity index is 646. The molecule has 1 saturated heterocycles. The maximum Gasteiger partial charge on any atom is 0.223 e. The van der Waals surface area contributed by atoms with E-state index in [1.165, 1.54) is 5.56 Å². The molecule has 0 saturated carbocycles. The first kappa shape index (κ1) is 16.4. The van der Waals surface area contributed by atoms with E-state index in [1.54, 1.807) is 17.5 Å². The van der Waals surface area contributed by atoms with E-state index in [4.69, 9.17) is 11.6 Å². The van der Waals surface area contributed by atoms with Crippen molar-refractivity contribution in [2.75, 3.05) is 6.54 Å². The van der Waals surface area contributed by atoms with Crippen LogP contribution in [-0.4, -0.2) is 28.4 Å². The molecule has 1 N–H and O–H groups in total. The second-order valence-corrected chi connectivity index (χ2v) is 7.55. The Kier molecular flexibility index (Phi) is 5.65. The van der Waals surface area contributed by atoms with Gasteiger partial charge >= 0.3 is 0 Å². The number of aromatic nitrogens is 1. The van der Waals surface area contributed by atoms with E-state index in [9.17, 15) is 4.79 Å². The van der Waals surface area contributed by atoms with Gasteiger partial charge in [0.25, 0.3) is 0 Å². The average Bonchev–Trinajstić information content (AvgIpc) is 3.12. The predicted molar refractivity (Wildman–Crippen MR) is 93.5 cm³/mol. The van der Waals surface area contributed by atoms with Crippen LogP contribution in [0, 0.1) is 0 Å². The van der Waals surface area contributed by atoms with Crippen LogP contribution in [0.25, 0.3) is 0 Å². The molecule has 0 unspecified atom stereocenters. The zero-order valence-electron chi connectivity index (χ0n) is 12.9. The number of carbonyl (C=O) groups excluding carboxylic acids is 1. The molecule has 4 nitrogen and oxygen atoms in total. The van der Waals surface area contributed by atoms with Crippen LogP contribution < -0.4 is 5.32 Å². The summed E-state index contributed by atoms with van der Waals surface area (Å²) in [5.74, 6) is 0.256. The molecule has 1 aliphatic heterocycles. The predicted octanol–water partition coefficient (Wildman–Crippen LogP) is 3.47. The first-order valence-electron chi connectivity index (χ1n) is 7.85. The van der Waals surface area contributed by atoms with E-state index < -0.39 is 0 Å². The molecule has 3 heterocycles. The van der Waals surface area contributed by atoms with Crippen LogP contribution in [0.3, 0.4) is 0 Å². The van der Waals surface area contributed by atoms with Crippen molar-refractivity contribution in [2.45, 2.75) is 38.4 Å². The molecule has 0 aromatic carbocycles. The normalized spacial score (nSPS) is 17.9. The van der Waals surface area contributed by atoms with Crippen molar-refractivity contribution in [3.8, 4) is 0 Å². The van der Waals surface area contributed by atoms with Crippen LogP contribution in [0.5, 0.6) is 0 Å². The van der Waals surface area contributed by atoms with Gasteiger partial charge in [-0.15, -0.1) is 11.3 Å². The van der Waals surface area contributed by atoms with Crippen LogP contribution in [0.2, 0.25) is 4.34 Å². The van der Waals surface area contributed by atoms with Gasteiger partial charge < -0.3 is 10.2 Å². The zero-order chi connectivity index (χ0) is 16.1. The van der Waals surface area contributed by atoms with E-state index in [-0.39, 0.29) is 5.91 Å². The zero-order valence-corrected chi connectivity index (χ0v) is 14.4. The number of amides is 1. The van der Waals surface area contributed by atoms with Gasteiger partial charge in [0.2, 0.25) is 5.91 Å². The van der Waals surface area contributed by atoms with Gasteiger partial charge in [-0.2, -0.15) is 0 Å². The SMILES string of the molecule is O=C1CC[C@@H](CCNCc2cccnc2)N1Cc1ccc(Cl)s1. The number of halogens is 1. The van der Waals surface area contributed by atoms with Crippen LogP contribution in [0.1, 0.15) is 29.7 Å². The molecule has 23 heavy (non-hydrogen) atoms. The van der Waals surface area contributed by atoms with Crippen molar-refractivity contribution in [3.63, 3.8) is 0 Å². The third-order valence-electron chi connectivity index (χ3n) is 4.11. The van der Waals surface area contributed by atoms with Gasteiger partial charge in [-0.25, -0.2) is 0 Å². The summed E-state index contributed by atoms with van der Waals surface area (Å²) < 4.78 is 0.779. The monoisotopic (exact) mass is 349 g/mol. The minimum atomic E-state index is 0.256. The molecule has 3 rings (SSSR count). The standard InChI is InChI=1S/C17H20ClN3OS/c18-16-5-4-15(23-16)12-21-14(3-6-17(21)22)7-9-20-11-13-2-1-8-19-10-13/h1-2,4-5,8,10,14,20H,3,6-7,9,11-12H2/t14-/m0/s1. The molecule has 1 aliphatic rings.